The number of carbonyl (C=O) groups is 3. The zero-order valence-corrected chi connectivity index (χ0v) is 29.8. The third-order valence-corrected chi connectivity index (χ3v) is 9.70. The van der Waals surface area contributed by atoms with Gasteiger partial charge in [0.15, 0.2) is 5.78 Å². The highest BCUT2D eigenvalue weighted by molar-refractivity contribution is 5.99. The number of imidazole rings is 1. The van der Waals surface area contributed by atoms with Crippen LogP contribution in [0.1, 0.15) is 76.1 Å². The maximum Gasteiger partial charge on any atom is 0.408 e. The van der Waals surface area contributed by atoms with Crippen LogP contribution in [0.25, 0.3) is 33.2 Å². The second-order valence-corrected chi connectivity index (χ2v) is 15.0. The number of carbonyl (C=O) groups excluding carboxylic acids is 3. The second-order valence-electron chi connectivity index (χ2n) is 15.0. The second kappa shape index (κ2) is 13.7. The largest absolute Gasteiger partial charge is 0.453 e. The van der Waals surface area contributed by atoms with Crippen LogP contribution in [0, 0.1) is 11.3 Å². The van der Waals surface area contributed by atoms with E-state index in [2.05, 4.69) is 77.3 Å². The van der Waals surface area contributed by atoms with Gasteiger partial charge in [-0.3, -0.25) is 4.79 Å². The highest BCUT2D eigenvalue weighted by Crippen LogP contribution is 2.59. The van der Waals surface area contributed by atoms with E-state index in [0.29, 0.717) is 5.56 Å². The standard InChI is InChI=1S/C40H47N5O5/c1-24(2)35(44-38(48)49-7)25(3)45-23-40(16-17-40)20-33(45)36-41-21-32(43-36)31-15-14-29-18-28(12-13-30(29)19-31)26-8-10-27(11-9-26)34(46)22-42-37(47)50-39(4,5)6/h8-15,18-19,21,24,33,35H,3,16-17,20,22-23H2,1-2,4-7H3,(H,41,43)(H,42,47)(H,44,48)/t33-,35-/m0/s1. The third kappa shape index (κ3) is 7.69. The number of fused-ring (bicyclic) bond motifs is 1. The van der Waals surface area contributed by atoms with Crippen molar-refractivity contribution in [2.24, 2.45) is 11.3 Å². The molecule has 2 atom stereocenters. The number of likely N-dealkylation sites (tertiary alicyclic amines) is 1. The number of methoxy groups -OCH3 is 1. The van der Waals surface area contributed by atoms with Gasteiger partial charge in [-0.25, -0.2) is 14.6 Å². The van der Waals surface area contributed by atoms with Crippen molar-refractivity contribution in [2.45, 2.75) is 71.6 Å². The van der Waals surface area contributed by atoms with Crippen molar-refractivity contribution < 1.29 is 23.9 Å². The van der Waals surface area contributed by atoms with Crippen LogP contribution in [0.5, 0.6) is 0 Å². The molecule has 1 aromatic heterocycles. The first kappa shape index (κ1) is 34.7. The number of H-pyrrole nitrogens is 1. The molecule has 1 aliphatic heterocycles. The summed E-state index contributed by atoms with van der Waals surface area (Å²) in [7, 11) is 1.38. The van der Waals surface area contributed by atoms with Gasteiger partial charge >= 0.3 is 12.2 Å². The average Bonchev–Trinajstić information content (AvgIpc) is 3.47. The summed E-state index contributed by atoms with van der Waals surface area (Å²) in [5.74, 6) is 0.859. The minimum atomic E-state index is -0.628. The molecule has 50 heavy (non-hydrogen) atoms. The van der Waals surface area contributed by atoms with Crippen LogP contribution in [0.4, 0.5) is 9.59 Å². The Balaban J connectivity index is 1.15. The molecule has 4 aromatic rings. The number of hydrogen-bond donors (Lipinski definition) is 3. The van der Waals surface area contributed by atoms with Gasteiger partial charge in [-0.05, 0) is 85.4 Å². The van der Waals surface area contributed by atoms with Crippen molar-refractivity contribution in [3.63, 3.8) is 0 Å². The zero-order chi connectivity index (χ0) is 35.8. The summed E-state index contributed by atoms with van der Waals surface area (Å²) in [6.07, 6.45) is 4.29. The zero-order valence-electron chi connectivity index (χ0n) is 29.8. The third-order valence-electron chi connectivity index (χ3n) is 9.70. The highest BCUT2D eigenvalue weighted by atomic mass is 16.6. The lowest BCUT2D eigenvalue weighted by molar-refractivity contribution is 0.0520. The van der Waals surface area contributed by atoms with E-state index in [4.69, 9.17) is 14.5 Å². The fourth-order valence-electron chi connectivity index (χ4n) is 6.80. The molecule has 2 amide bonds. The Morgan fingerprint density at radius 1 is 0.980 bits per heavy atom. The lowest BCUT2D eigenvalue weighted by Gasteiger charge is -2.34. The fraction of sp³-hybridized carbons (Fsp3) is 0.400. The Hall–Kier alpha value is -5.12. The topological polar surface area (TPSA) is 126 Å². The molecule has 0 radical (unpaired) electrons. The molecule has 10 nitrogen and oxygen atoms in total. The first-order chi connectivity index (χ1) is 23.7. The molecular weight excluding hydrogens is 630 g/mol. The summed E-state index contributed by atoms with van der Waals surface area (Å²) in [6.45, 7) is 14.7. The highest BCUT2D eigenvalue weighted by Gasteiger charge is 2.54. The fourth-order valence-corrected chi connectivity index (χ4v) is 6.80. The number of nitrogens with one attached hydrogen (secondary N) is 3. The van der Waals surface area contributed by atoms with E-state index in [1.165, 1.54) is 20.0 Å². The molecule has 1 spiro atoms. The van der Waals surface area contributed by atoms with E-state index < -0.39 is 17.8 Å². The lowest BCUT2D eigenvalue weighted by atomic mass is 9.98. The summed E-state index contributed by atoms with van der Waals surface area (Å²) < 4.78 is 10.1. The number of ketones is 1. The van der Waals surface area contributed by atoms with Crippen molar-refractivity contribution >= 4 is 28.7 Å². The number of nitrogens with zero attached hydrogens (tertiary/aromatic N) is 2. The van der Waals surface area contributed by atoms with Crippen LogP contribution >= 0.6 is 0 Å². The van der Waals surface area contributed by atoms with E-state index in [9.17, 15) is 14.4 Å². The molecule has 10 heteroatoms. The summed E-state index contributed by atoms with van der Waals surface area (Å²) in [5, 5.41) is 7.69. The van der Waals surface area contributed by atoms with E-state index in [-0.39, 0.29) is 35.7 Å². The Kier molecular flexibility index (Phi) is 9.48. The predicted molar refractivity (Wildman–Crippen MR) is 195 cm³/mol. The van der Waals surface area contributed by atoms with Crippen LogP contribution in [-0.4, -0.2) is 64.7 Å². The predicted octanol–water partition coefficient (Wildman–Crippen LogP) is 8.03. The summed E-state index contributed by atoms with van der Waals surface area (Å²) in [5.41, 5.74) is 4.98. The molecule has 0 unspecified atom stereocenters. The maximum absolute atomic E-state index is 12.6. The van der Waals surface area contributed by atoms with Crippen molar-refractivity contribution in [3.05, 3.63) is 90.5 Å². The normalized spacial score (nSPS) is 17.1. The Labute approximate surface area is 293 Å². The number of ether oxygens (including phenoxy) is 2. The number of hydrogen-bond acceptors (Lipinski definition) is 7. The van der Waals surface area contributed by atoms with Gasteiger partial charge in [0.1, 0.15) is 11.4 Å². The maximum atomic E-state index is 12.6. The summed E-state index contributed by atoms with van der Waals surface area (Å²) in [4.78, 5) is 47.6. The monoisotopic (exact) mass is 677 g/mol. The van der Waals surface area contributed by atoms with Gasteiger partial charge in [0.05, 0.1) is 31.4 Å². The first-order valence-electron chi connectivity index (χ1n) is 17.2. The molecule has 3 N–H and O–H groups in total. The van der Waals surface area contributed by atoms with E-state index >= 15 is 0 Å². The quantitative estimate of drug-likeness (QED) is 0.145. The van der Waals surface area contributed by atoms with Gasteiger partial charge in [-0.2, -0.15) is 0 Å². The number of benzene rings is 3. The summed E-state index contributed by atoms with van der Waals surface area (Å²) in [6, 6.07) is 19.9. The number of rotatable bonds is 10. The van der Waals surface area contributed by atoms with Crippen LogP contribution in [0.2, 0.25) is 0 Å². The van der Waals surface area contributed by atoms with Crippen LogP contribution < -0.4 is 10.6 Å². The van der Waals surface area contributed by atoms with Crippen LogP contribution in [0.15, 0.2) is 79.1 Å². The van der Waals surface area contributed by atoms with E-state index in [1.807, 2.05) is 18.3 Å². The molecule has 6 rings (SSSR count). The van der Waals surface area contributed by atoms with Crippen LogP contribution in [0.3, 0.4) is 0 Å². The SMILES string of the molecule is C=C([C@@H](NC(=O)OC)C(C)C)N1CC2(CC2)C[C@H]1c1nc(-c2ccc3cc(-c4ccc(C(=O)CNC(=O)OC(C)(C)C)cc4)ccc3c2)c[nH]1. The molecule has 2 heterocycles. The Morgan fingerprint density at radius 3 is 2.24 bits per heavy atom. The molecule has 0 bridgehead atoms. The molecule has 3 aromatic carbocycles. The first-order valence-corrected chi connectivity index (χ1v) is 17.2. The average molecular weight is 678 g/mol. The van der Waals surface area contributed by atoms with Gasteiger partial charge in [-0.1, -0.05) is 69.0 Å². The van der Waals surface area contributed by atoms with Gasteiger partial charge in [-0.15, -0.1) is 0 Å². The van der Waals surface area contributed by atoms with Crippen molar-refractivity contribution in [1.29, 1.82) is 0 Å². The molecule has 2 fully saturated rings. The van der Waals surface area contributed by atoms with Gasteiger partial charge < -0.3 is 30.0 Å². The Morgan fingerprint density at radius 2 is 1.62 bits per heavy atom. The molecular formula is C40H47N5O5. The lowest BCUT2D eigenvalue weighted by Crippen LogP contribution is -2.44. The number of aromatic amines is 1. The van der Waals surface area contributed by atoms with E-state index in [0.717, 1.165) is 57.6 Å². The molecule has 1 saturated carbocycles. The molecule has 1 aliphatic carbocycles. The minimum Gasteiger partial charge on any atom is -0.453 e. The smallest absolute Gasteiger partial charge is 0.408 e. The molecule has 262 valence electrons. The summed E-state index contributed by atoms with van der Waals surface area (Å²) >= 11 is 0. The minimum absolute atomic E-state index is 0.0467. The van der Waals surface area contributed by atoms with Crippen molar-refractivity contribution in [3.8, 4) is 22.4 Å². The van der Waals surface area contributed by atoms with Crippen molar-refractivity contribution in [2.75, 3.05) is 20.2 Å². The van der Waals surface area contributed by atoms with Gasteiger partial charge in [0.2, 0.25) is 0 Å². The number of alkyl carbamates (subject to hydrolysis) is 2. The van der Waals surface area contributed by atoms with E-state index in [1.54, 1.807) is 32.9 Å². The number of Topliss-reactive ketones (excluding diaryl/α,β-unsaturated/α-hetero) is 1. The van der Waals surface area contributed by atoms with Crippen molar-refractivity contribution in [1.82, 2.24) is 25.5 Å². The Bertz CT molecular complexity index is 1920. The van der Waals surface area contributed by atoms with Crippen LogP contribution in [-0.2, 0) is 9.47 Å². The molecule has 2 aliphatic rings. The number of amides is 2. The van der Waals surface area contributed by atoms with Gasteiger partial charge in [0, 0.05) is 29.6 Å². The molecule has 1 saturated heterocycles. The number of aromatic nitrogens is 2. The van der Waals surface area contributed by atoms with Gasteiger partial charge in [0.25, 0.3) is 0 Å².